The number of pyridine rings is 1. The van der Waals surface area contributed by atoms with E-state index in [2.05, 4.69) is 35.7 Å². The molecule has 308 valence electrons. The first-order chi connectivity index (χ1) is 28.6. The number of hydrogen-bond donors (Lipinski definition) is 3. The molecular weight excluding hydrogens is 761 g/mol. The van der Waals surface area contributed by atoms with Crippen molar-refractivity contribution in [3.63, 3.8) is 0 Å². The van der Waals surface area contributed by atoms with E-state index in [1.165, 1.54) is 16.7 Å². The maximum atomic E-state index is 15.2. The molecule has 1 spiro atoms. The lowest BCUT2D eigenvalue weighted by Gasteiger charge is -2.62. The fourth-order valence-corrected chi connectivity index (χ4v) is 9.33. The first-order valence-electron chi connectivity index (χ1n) is 20.5. The molecule has 2 aromatic heterocycles. The largest absolute Gasteiger partial charge is 0.446 e. The van der Waals surface area contributed by atoms with E-state index in [1.54, 1.807) is 54.7 Å². The number of aromatic nitrogens is 3. The Morgan fingerprint density at radius 1 is 0.847 bits per heavy atom. The van der Waals surface area contributed by atoms with Gasteiger partial charge in [0.05, 0.1) is 11.9 Å². The van der Waals surface area contributed by atoms with Crippen molar-refractivity contribution in [1.82, 2.24) is 29.7 Å². The second kappa shape index (κ2) is 16.0. The van der Waals surface area contributed by atoms with Crippen molar-refractivity contribution in [1.29, 1.82) is 0 Å². The van der Waals surface area contributed by atoms with Gasteiger partial charge in [0.1, 0.15) is 23.7 Å². The maximum absolute atomic E-state index is 15.2. The minimum Gasteiger partial charge on any atom is -0.446 e. The van der Waals surface area contributed by atoms with Crippen molar-refractivity contribution in [2.45, 2.75) is 75.6 Å². The number of benzene rings is 2. The molecule has 1 aliphatic carbocycles. The van der Waals surface area contributed by atoms with Crippen LogP contribution in [0, 0.1) is 17.0 Å². The summed E-state index contributed by atoms with van der Waals surface area (Å²) in [5.74, 6) is -1.26. The smallest absolute Gasteiger partial charge is 0.410 e. The summed E-state index contributed by atoms with van der Waals surface area (Å²) in [6.07, 6.45) is 7.77. The van der Waals surface area contributed by atoms with Crippen LogP contribution in [0.1, 0.15) is 51.4 Å². The van der Waals surface area contributed by atoms with Gasteiger partial charge in [-0.3, -0.25) is 29.2 Å². The van der Waals surface area contributed by atoms with Crippen LogP contribution >= 0.6 is 0 Å². The Labute approximate surface area is 339 Å². The van der Waals surface area contributed by atoms with Gasteiger partial charge in [-0.15, -0.1) is 0 Å². The Morgan fingerprint density at radius 3 is 2.39 bits per heavy atom. The lowest BCUT2D eigenvalue weighted by Crippen LogP contribution is -2.74. The Morgan fingerprint density at radius 2 is 1.64 bits per heavy atom. The molecule has 5 aliphatic rings. The molecule has 1 unspecified atom stereocenters. The van der Waals surface area contributed by atoms with Crippen LogP contribution in [0.2, 0.25) is 0 Å². The highest BCUT2D eigenvalue weighted by Crippen LogP contribution is 2.43. The van der Waals surface area contributed by atoms with E-state index in [-0.39, 0.29) is 59.0 Å². The molecule has 0 bridgehead atoms. The third-order valence-corrected chi connectivity index (χ3v) is 12.5. The molecule has 4 saturated heterocycles. The van der Waals surface area contributed by atoms with Crippen molar-refractivity contribution in [3.8, 4) is 16.9 Å². The van der Waals surface area contributed by atoms with Crippen LogP contribution in [-0.4, -0.2) is 106 Å². The van der Waals surface area contributed by atoms with Crippen LogP contribution in [0.5, 0.6) is 0 Å². The van der Waals surface area contributed by atoms with E-state index in [1.807, 2.05) is 4.90 Å². The molecule has 9 rings (SSSR count). The van der Waals surface area contributed by atoms with Crippen LogP contribution < -0.4 is 26.4 Å². The van der Waals surface area contributed by atoms with Gasteiger partial charge in [-0.1, -0.05) is 18.2 Å². The number of nitrogens with one attached hydrogen (secondary N) is 3. The van der Waals surface area contributed by atoms with E-state index in [0.717, 1.165) is 58.1 Å². The second-order valence-corrected chi connectivity index (χ2v) is 16.6. The average Bonchev–Trinajstić information content (AvgIpc) is 3.20. The van der Waals surface area contributed by atoms with Crippen LogP contribution in [0.15, 0.2) is 77.9 Å². The molecular formula is C43H47F2N9O5. The number of nitrogens with zero attached hydrogens (tertiary/aromatic N) is 6. The molecule has 6 heterocycles. The van der Waals surface area contributed by atoms with Crippen molar-refractivity contribution in [2.24, 2.45) is 5.41 Å². The molecule has 1 saturated carbocycles. The highest BCUT2D eigenvalue weighted by atomic mass is 19.1. The van der Waals surface area contributed by atoms with Gasteiger partial charge in [0.2, 0.25) is 17.8 Å². The van der Waals surface area contributed by atoms with Gasteiger partial charge in [-0.25, -0.2) is 23.5 Å². The van der Waals surface area contributed by atoms with Crippen molar-refractivity contribution < 1.29 is 27.9 Å². The summed E-state index contributed by atoms with van der Waals surface area (Å²) in [6, 6.07) is 16.8. The zero-order chi connectivity index (χ0) is 40.7. The molecule has 14 nitrogen and oxygen atoms in total. The number of hydrogen-bond acceptors (Lipinski definition) is 11. The van der Waals surface area contributed by atoms with E-state index in [4.69, 9.17) is 4.74 Å². The monoisotopic (exact) mass is 807 g/mol. The van der Waals surface area contributed by atoms with Gasteiger partial charge >= 0.3 is 6.09 Å². The molecule has 1 atom stereocenters. The minimum atomic E-state index is -0.563. The summed E-state index contributed by atoms with van der Waals surface area (Å²) in [5, 5.41) is 8.70. The van der Waals surface area contributed by atoms with Gasteiger partial charge < -0.3 is 25.2 Å². The van der Waals surface area contributed by atoms with E-state index in [0.29, 0.717) is 67.0 Å². The zero-order valence-electron chi connectivity index (χ0n) is 32.6. The van der Waals surface area contributed by atoms with Gasteiger partial charge in [-0.2, -0.15) is 0 Å². The Balaban J connectivity index is 0.691. The summed E-state index contributed by atoms with van der Waals surface area (Å²) in [6.45, 7) is 4.76. The quantitative estimate of drug-likeness (QED) is 0.197. The van der Waals surface area contributed by atoms with Crippen molar-refractivity contribution >= 4 is 35.2 Å². The fraction of sp³-hybridized carbons (Fsp3) is 0.442. The Hall–Kier alpha value is -5.90. The summed E-state index contributed by atoms with van der Waals surface area (Å²) < 4.78 is 37.6. The lowest BCUT2D eigenvalue weighted by atomic mass is 9.72. The minimum absolute atomic E-state index is 0.0475. The Bertz CT molecular complexity index is 2290. The molecule has 3 N–H and O–H groups in total. The molecule has 2 aromatic carbocycles. The summed E-state index contributed by atoms with van der Waals surface area (Å²) in [4.78, 5) is 64.0. The predicted octanol–water partition coefficient (Wildman–Crippen LogP) is 4.94. The molecule has 59 heavy (non-hydrogen) atoms. The summed E-state index contributed by atoms with van der Waals surface area (Å²) in [5.41, 5.74) is 2.26. The molecule has 4 aromatic rings. The SMILES string of the molecule is O=C1CCC(Nc2ccc(N3CCC(N4CC5(CN(C(=O)O[C@H]6CC[C@H](Nc7ncc(F)c(-c8cccc(-n9ccccc9=O)c8)n7)CC6)C5)C4)CC3)c(F)c2)C(=O)N1. The highest BCUT2D eigenvalue weighted by molar-refractivity contribution is 6.01. The maximum Gasteiger partial charge on any atom is 0.410 e. The zero-order valence-corrected chi connectivity index (χ0v) is 32.6. The molecule has 3 amide bonds. The number of carbonyl (C=O) groups excluding carboxylic acids is 3. The van der Waals surface area contributed by atoms with Gasteiger partial charge in [-0.05, 0) is 81.3 Å². The highest BCUT2D eigenvalue weighted by Gasteiger charge is 2.55. The number of likely N-dealkylation sites (tertiary alicyclic amines) is 2. The Kier molecular flexibility index (Phi) is 10.5. The number of carbonyl (C=O) groups is 3. The number of piperidine rings is 2. The number of anilines is 3. The van der Waals surface area contributed by atoms with E-state index >= 15 is 4.39 Å². The topological polar surface area (TPSA) is 154 Å². The first kappa shape index (κ1) is 38.6. The van der Waals surface area contributed by atoms with Gasteiger partial charge in [0.25, 0.3) is 5.56 Å². The number of halogens is 2. The average molecular weight is 808 g/mol. The van der Waals surface area contributed by atoms with Crippen molar-refractivity contribution in [2.75, 3.05) is 54.8 Å². The summed E-state index contributed by atoms with van der Waals surface area (Å²) >= 11 is 0. The molecule has 0 radical (unpaired) electrons. The molecule has 4 aliphatic heterocycles. The number of imide groups is 1. The summed E-state index contributed by atoms with van der Waals surface area (Å²) in [7, 11) is 0. The fourth-order valence-electron chi connectivity index (χ4n) is 9.33. The third kappa shape index (κ3) is 8.22. The standard InChI is InChI=1S/C43H47F2N9O5/c44-33-21-29(47-35-12-14-37(55)49-40(35)57)9-13-36(33)51-18-15-30(16-19-51)52-23-43(24-52)25-53(26-43)42(58)59-32-10-7-28(8-11-32)48-41-46-22-34(45)39(50-41)27-4-3-5-31(20-27)54-17-2-1-6-38(54)56/h1-6,9,13,17,20-22,28,30,32,35,47H,7-8,10-12,14-16,18-19,23-26H2,(H,46,48,50)(H,49,55,57)/t28-,32-,35?. The van der Waals surface area contributed by atoms with Crippen molar-refractivity contribution in [3.05, 3.63) is 95.0 Å². The van der Waals surface area contributed by atoms with Gasteiger partial charge in [0.15, 0.2) is 5.82 Å². The third-order valence-electron chi connectivity index (χ3n) is 12.5. The first-order valence-corrected chi connectivity index (χ1v) is 20.5. The number of amides is 3. The number of ether oxygens (including phenoxy) is 1. The van der Waals surface area contributed by atoms with Crippen LogP contribution in [0.3, 0.4) is 0 Å². The number of rotatable bonds is 9. The normalized spacial score (nSPS) is 23.3. The lowest BCUT2D eigenvalue weighted by molar-refractivity contribution is -0.133. The second-order valence-electron chi connectivity index (χ2n) is 16.6. The van der Waals surface area contributed by atoms with Crippen LogP contribution in [0.25, 0.3) is 16.9 Å². The van der Waals surface area contributed by atoms with E-state index in [9.17, 15) is 23.6 Å². The molecule has 5 fully saturated rings. The predicted molar refractivity (Wildman–Crippen MR) is 216 cm³/mol. The van der Waals surface area contributed by atoms with Crippen LogP contribution in [-0.2, 0) is 14.3 Å². The molecule has 16 heteroatoms. The van der Waals surface area contributed by atoms with Crippen LogP contribution in [0.4, 0.5) is 30.9 Å². The van der Waals surface area contributed by atoms with Gasteiger partial charge in [0, 0.05) is 92.4 Å². The van der Waals surface area contributed by atoms with E-state index < -0.39 is 11.9 Å².